The predicted molar refractivity (Wildman–Crippen MR) is 23.5 cm³/mol. The summed E-state index contributed by atoms with van der Waals surface area (Å²) in [6.07, 6.45) is 0. The van der Waals surface area contributed by atoms with Crippen LogP contribution in [0.2, 0.25) is 0 Å². The molecule has 0 aliphatic carbocycles. The van der Waals surface area contributed by atoms with Crippen molar-refractivity contribution in [3.8, 4) is 0 Å². The minimum absolute atomic E-state index is 0. The van der Waals surface area contributed by atoms with Crippen molar-refractivity contribution in [1.82, 2.24) is 0 Å². The van der Waals surface area contributed by atoms with Gasteiger partial charge in [0.25, 0.3) is 0 Å². The van der Waals surface area contributed by atoms with Gasteiger partial charge in [-0.1, -0.05) is 0 Å². The Balaban J connectivity index is -0.000000107. The molecule has 0 bridgehead atoms. The molecule has 0 aromatic carbocycles. The van der Waals surface area contributed by atoms with E-state index < -0.39 is 15.6 Å². The molecule has 0 amide bonds. The second-order valence-electron chi connectivity index (χ2n) is 0.976. The molecule has 4 N–H and O–H groups in total. The number of hydrogen-bond acceptors (Lipinski definition) is 7. The van der Waals surface area contributed by atoms with E-state index in [1.54, 1.807) is 0 Å². The third-order valence-electron chi connectivity index (χ3n) is 0.200. The third-order valence-corrected chi connectivity index (χ3v) is 1.80. The first-order valence-electron chi connectivity index (χ1n) is 1.46. The molecule has 12 heteroatoms. The molecule has 0 saturated heterocycles. The molecule has 0 aromatic heterocycles. The summed E-state index contributed by atoms with van der Waals surface area (Å²) in [6, 6.07) is 0. The Bertz CT molecular complexity index is 153. The van der Waals surface area contributed by atoms with E-state index in [9.17, 15) is 28.7 Å². The average Bonchev–Trinajstić information content (AvgIpc) is 1.14. The van der Waals surface area contributed by atoms with Crippen LogP contribution in [-0.2, 0) is 30.5 Å². The van der Waals surface area contributed by atoms with E-state index in [-0.39, 0.29) is 28.0 Å². The zero-order valence-electron chi connectivity index (χ0n) is 5.05. The van der Waals surface area contributed by atoms with Crippen LogP contribution in [0.25, 0.3) is 0 Å². The normalized spacial score (nSPS) is 10.3. The minimum atomic E-state index is -5.68. The minimum Gasteiger partial charge on any atom is -0.790 e. The Morgan fingerprint density at radius 1 is 0.833 bits per heavy atom. The summed E-state index contributed by atoms with van der Waals surface area (Å²) in [5.41, 5.74) is 0. The van der Waals surface area contributed by atoms with Crippen molar-refractivity contribution in [2.45, 2.75) is 0 Å². The molecule has 0 aliphatic heterocycles. The molecule has 0 fully saturated rings. The van der Waals surface area contributed by atoms with E-state index in [0.717, 1.165) is 0 Å². The van der Waals surface area contributed by atoms with Gasteiger partial charge in [0.15, 0.2) is 0 Å². The van der Waals surface area contributed by atoms with E-state index in [1.807, 2.05) is 0 Å². The SMILES string of the molecule is O.O.O=P([O-])([O-])OP(=O)([O-])[O-].[Cu+4]. The van der Waals surface area contributed by atoms with Gasteiger partial charge in [-0.3, -0.25) is 0 Å². The van der Waals surface area contributed by atoms with Crippen molar-refractivity contribution in [1.29, 1.82) is 0 Å². The zero-order valence-corrected chi connectivity index (χ0v) is 7.78. The number of hydrogen-bond donors (Lipinski definition) is 0. The van der Waals surface area contributed by atoms with Crippen molar-refractivity contribution < 1.29 is 61.0 Å². The van der Waals surface area contributed by atoms with E-state index in [4.69, 9.17) is 0 Å². The van der Waals surface area contributed by atoms with Gasteiger partial charge >= 0.3 is 17.1 Å². The fourth-order valence-electron chi connectivity index (χ4n) is 0.122. The summed E-state index contributed by atoms with van der Waals surface area (Å²) < 4.78 is 21.2. The summed E-state index contributed by atoms with van der Waals surface area (Å²) in [6.45, 7) is 0. The maximum atomic E-state index is 9.32. The Kier molecular flexibility index (Phi) is 13.7. The van der Waals surface area contributed by atoms with Gasteiger partial charge in [-0.15, -0.1) is 0 Å². The summed E-state index contributed by atoms with van der Waals surface area (Å²) >= 11 is 0. The smallest absolute Gasteiger partial charge is 0.790 e. The molecule has 0 heterocycles. The topological polar surface area (TPSA) is 199 Å². The average molecular weight is 274 g/mol. The van der Waals surface area contributed by atoms with Gasteiger partial charge in [0.1, 0.15) is 0 Å². The predicted octanol–water partition coefficient (Wildman–Crippen LogP) is -4.99. The molecule has 0 aromatic rings. The van der Waals surface area contributed by atoms with Gasteiger partial charge in [-0.05, 0) is 0 Å². The third kappa shape index (κ3) is 22.4. The molecular formula is H4CuO9P2. The zero-order chi connectivity index (χ0) is 7.71. The van der Waals surface area contributed by atoms with Gasteiger partial charge in [-0.25, -0.2) is 0 Å². The molecule has 0 rings (SSSR count). The van der Waals surface area contributed by atoms with Crippen LogP contribution in [0.4, 0.5) is 0 Å². The van der Waals surface area contributed by atoms with Crippen molar-refractivity contribution in [3.63, 3.8) is 0 Å². The van der Waals surface area contributed by atoms with Crippen LogP contribution in [0.3, 0.4) is 0 Å². The number of phosphoric acid groups is 2. The van der Waals surface area contributed by atoms with Gasteiger partial charge in [0.05, 0.1) is 15.6 Å². The first kappa shape index (κ1) is 23.0. The first-order chi connectivity index (χ1) is 3.71. The van der Waals surface area contributed by atoms with Gasteiger partial charge in [0.2, 0.25) is 0 Å². The molecule has 79 valence electrons. The van der Waals surface area contributed by atoms with Crippen LogP contribution in [0.1, 0.15) is 0 Å². The van der Waals surface area contributed by atoms with E-state index in [0.29, 0.717) is 0 Å². The van der Waals surface area contributed by atoms with Crippen LogP contribution in [0, 0.1) is 0 Å². The van der Waals surface area contributed by atoms with Gasteiger partial charge in [-0.2, -0.15) is 0 Å². The van der Waals surface area contributed by atoms with Crippen molar-refractivity contribution in [2.75, 3.05) is 0 Å². The number of rotatable bonds is 2. The summed E-state index contributed by atoms with van der Waals surface area (Å²) in [5.74, 6) is 0. The van der Waals surface area contributed by atoms with E-state index in [2.05, 4.69) is 4.31 Å². The van der Waals surface area contributed by atoms with Crippen LogP contribution < -0.4 is 19.6 Å². The van der Waals surface area contributed by atoms with Crippen LogP contribution >= 0.6 is 15.6 Å². The quantitative estimate of drug-likeness (QED) is 0.354. The van der Waals surface area contributed by atoms with E-state index >= 15 is 0 Å². The molecule has 12 heavy (non-hydrogen) atoms. The Hall–Kier alpha value is 0.699. The van der Waals surface area contributed by atoms with Gasteiger partial charge in [0, 0.05) is 0 Å². The molecule has 9 nitrogen and oxygen atoms in total. The van der Waals surface area contributed by atoms with Crippen molar-refractivity contribution >= 4 is 15.6 Å². The Labute approximate surface area is 77.3 Å². The second-order valence-corrected chi connectivity index (χ2v) is 3.42. The molecule has 0 saturated carbocycles. The second kappa shape index (κ2) is 7.14. The summed E-state index contributed by atoms with van der Waals surface area (Å²) in [7, 11) is -11.4. The molecular weight excluding hydrogens is 269 g/mol. The van der Waals surface area contributed by atoms with Crippen LogP contribution in [0.5, 0.6) is 0 Å². The maximum absolute atomic E-state index is 9.32. The Morgan fingerprint density at radius 3 is 1.00 bits per heavy atom. The maximum Gasteiger partial charge on any atom is 4.00 e. The van der Waals surface area contributed by atoms with Crippen molar-refractivity contribution in [3.05, 3.63) is 0 Å². The first-order valence-corrected chi connectivity index (χ1v) is 4.38. The summed E-state index contributed by atoms with van der Waals surface area (Å²) in [5, 5.41) is 0. The molecule has 0 spiro atoms. The molecule has 0 unspecified atom stereocenters. The van der Waals surface area contributed by atoms with Crippen molar-refractivity contribution in [2.24, 2.45) is 0 Å². The van der Waals surface area contributed by atoms with E-state index in [1.165, 1.54) is 0 Å². The fourth-order valence-corrected chi connectivity index (χ4v) is 1.10. The van der Waals surface area contributed by atoms with Crippen LogP contribution in [-0.4, -0.2) is 11.0 Å². The fraction of sp³-hybridized carbons (Fsp3) is 0. The monoisotopic (exact) mass is 273 g/mol. The van der Waals surface area contributed by atoms with Gasteiger partial charge < -0.3 is 44.0 Å². The largest absolute Gasteiger partial charge is 4.00 e. The molecule has 0 aliphatic rings. The molecule has 0 atom stereocenters. The Morgan fingerprint density at radius 2 is 1.00 bits per heavy atom. The molecule has 1 radical (unpaired) electrons. The summed E-state index contributed by atoms with van der Waals surface area (Å²) in [4.78, 5) is 37.3. The van der Waals surface area contributed by atoms with Crippen LogP contribution in [0.15, 0.2) is 0 Å². The standard InChI is InChI=1S/Cu.H4O7P2.2H2O/c;1-8(2,3)7-9(4,5)6;;/h;(H2,1,2,3)(H2,4,5,6);2*1H2/q+4;;;/p-4.